The number of carbonyl (C=O) groups excluding carboxylic acids is 1. The topological polar surface area (TPSA) is 72.9 Å². The summed E-state index contributed by atoms with van der Waals surface area (Å²) in [5.74, 6) is -0.0633. The Labute approximate surface area is 120 Å². The smallest absolute Gasteiger partial charge is 0.220 e. The standard InChI is InChI=1S/C15H26N4O/c1-15(2,3)19-10-11(9-18-19)8-17-13-6-4-12(5-7-13)14(16)20/h9-10,12-13,17H,4-8H2,1-3H3,(H2,16,20). The summed E-state index contributed by atoms with van der Waals surface area (Å²) in [6, 6.07) is 0.489. The van der Waals surface area contributed by atoms with E-state index in [4.69, 9.17) is 5.73 Å². The van der Waals surface area contributed by atoms with Crippen molar-refractivity contribution >= 4 is 5.91 Å². The van der Waals surface area contributed by atoms with Gasteiger partial charge in [-0.05, 0) is 46.5 Å². The van der Waals surface area contributed by atoms with Crippen LogP contribution in [0.15, 0.2) is 12.4 Å². The first kappa shape index (κ1) is 15.0. The van der Waals surface area contributed by atoms with Gasteiger partial charge in [0, 0.05) is 30.3 Å². The Hall–Kier alpha value is -1.36. The number of carbonyl (C=O) groups is 1. The monoisotopic (exact) mass is 278 g/mol. The van der Waals surface area contributed by atoms with Crippen LogP contribution in [0, 0.1) is 5.92 Å². The molecular weight excluding hydrogens is 252 g/mol. The summed E-state index contributed by atoms with van der Waals surface area (Å²) in [5.41, 5.74) is 6.58. The highest BCUT2D eigenvalue weighted by atomic mass is 16.1. The largest absolute Gasteiger partial charge is 0.369 e. The van der Waals surface area contributed by atoms with Gasteiger partial charge in [0.2, 0.25) is 5.91 Å². The van der Waals surface area contributed by atoms with E-state index < -0.39 is 0 Å². The van der Waals surface area contributed by atoms with Crippen LogP contribution in [0.25, 0.3) is 0 Å². The third-order valence-corrected chi connectivity index (χ3v) is 4.05. The molecule has 1 aromatic heterocycles. The fourth-order valence-electron chi connectivity index (χ4n) is 2.66. The number of hydrogen-bond donors (Lipinski definition) is 2. The van der Waals surface area contributed by atoms with Crippen molar-refractivity contribution in [2.24, 2.45) is 11.7 Å². The number of nitrogens with zero attached hydrogens (tertiary/aromatic N) is 2. The van der Waals surface area contributed by atoms with Gasteiger partial charge in [0.15, 0.2) is 0 Å². The fourth-order valence-corrected chi connectivity index (χ4v) is 2.66. The van der Waals surface area contributed by atoms with Crippen LogP contribution in [-0.2, 0) is 16.9 Å². The third-order valence-electron chi connectivity index (χ3n) is 4.05. The van der Waals surface area contributed by atoms with Crippen molar-refractivity contribution < 1.29 is 4.79 Å². The molecule has 0 saturated heterocycles. The first-order valence-electron chi connectivity index (χ1n) is 7.43. The molecule has 0 bridgehead atoms. The lowest BCUT2D eigenvalue weighted by molar-refractivity contribution is -0.122. The molecule has 5 heteroatoms. The molecule has 1 saturated carbocycles. The lowest BCUT2D eigenvalue weighted by Gasteiger charge is -2.27. The number of rotatable bonds is 4. The molecule has 1 aliphatic rings. The summed E-state index contributed by atoms with van der Waals surface area (Å²) in [6.07, 6.45) is 7.90. The Kier molecular flexibility index (Phi) is 4.48. The van der Waals surface area contributed by atoms with Crippen LogP contribution in [0.5, 0.6) is 0 Å². The molecule has 0 atom stereocenters. The van der Waals surface area contributed by atoms with Gasteiger partial charge in [0.25, 0.3) is 0 Å². The fraction of sp³-hybridized carbons (Fsp3) is 0.733. The Morgan fingerprint density at radius 2 is 2.05 bits per heavy atom. The highest BCUT2D eigenvalue weighted by molar-refractivity contribution is 5.76. The number of primary amides is 1. The molecule has 0 aliphatic heterocycles. The second-order valence-corrected chi connectivity index (χ2v) is 6.80. The molecule has 20 heavy (non-hydrogen) atoms. The van der Waals surface area contributed by atoms with Gasteiger partial charge in [-0.1, -0.05) is 0 Å². The van der Waals surface area contributed by atoms with E-state index in [1.54, 1.807) is 0 Å². The number of aromatic nitrogens is 2. The third kappa shape index (κ3) is 3.82. The SMILES string of the molecule is CC(C)(C)n1cc(CNC2CCC(C(N)=O)CC2)cn1. The molecule has 3 N–H and O–H groups in total. The molecule has 0 aromatic carbocycles. The van der Waals surface area contributed by atoms with Crippen LogP contribution in [0.4, 0.5) is 0 Å². The van der Waals surface area contributed by atoms with Crippen molar-refractivity contribution in [2.45, 2.75) is 64.6 Å². The van der Waals surface area contributed by atoms with E-state index in [2.05, 4.69) is 37.4 Å². The average molecular weight is 278 g/mol. The van der Waals surface area contributed by atoms with Gasteiger partial charge in [-0.2, -0.15) is 5.10 Å². The first-order valence-corrected chi connectivity index (χ1v) is 7.43. The number of nitrogens with two attached hydrogens (primary N) is 1. The summed E-state index contributed by atoms with van der Waals surface area (Å²) >= 11 is 0. The zero-order chi connectivity index (χ0) is 14.8. The first-order chi connectivity index (χ1) is 9.36. The van der Waals surface area contributed by atoms with E-state index in [-0.39, 0.29) is 17.4 Å². The zero-order valence-corrected chi connectivity index (χ0v) is 12.7. The molecule has 1 amide bonds. The summed E-state index contributed by atoms with van der Waals surface area (Å²) in [5, 5.41) is 7.96. The maximum atomic E-state index is 11.1. The minimum atomic E-state index is -0.144. The van der Waals surface area contributed by atoms with Gasteiger partial charge in [-0.15, -0.1) is 0 Å². The molecule has 0 unspecified atom stereocenters. The predicted octanol–water partition coefficient (Wildman–Crippen LogP) is 1.77. The maximum absolute atomic E-state index is 11.1. The average Bonchev–Trinajstić information content (AvgIpc) is 2.85. The minimum absolute atomic E-state index is 0.0256. The second-order valence-electron chi connectivity index (χ2n) is 6.80. The highest BCUT2D eigenvalue weighted by Crippen LogP contribution is 2.24. The van der Waals surface area contributed by atoms with Gasteiger partial charge in [0.05, 0.1) is 11.7 Å². The van der Waals surface area contributed by atoms with Crippen LogP contribution in [-0.4, -0.2) is 21.7 Å². The molecule has 1 fully saturated rings. The molecule has 0 spiro atoms. The van der Waals surface area contributed by atoms with Crippen molar-refractivity contribution in [3.8, 4) is 0 Å². The molecule has 2 rings (SSSR count). The summed E-state index contributed by atoms with van der Waals surface area (Å²) in [6.45, 7) is 7.26. The van der Waals surface area contributed by atoms with Crippen molar-refractivity contribution in [2.75, 3.05) is 0 Å². The maximum Gasteiger partial charge on any atom is 0.220 e. The Bertz CT molecular complexity index is 453. The molecular formula is C15H26N4O. The van der Waals surface area contributed by atoms with Crippen LogP contribution in [0.2, 0.25) is 0 Å². The van der Waals surface area contributed by atoms with Crippen LogP contribution >= 0.6 is 0 Å². The van der Waals surface area contributed by atoms with Gasteiger partial charge < -0.3 is 11.1 Å². The highest BCUT2D eigenvalue weighted by Gasteiger charge is 2.24. The van der Waals surface area contributed by atoms with Gasteiger partial charge in [-0.3, -0.25) is 9.48 Å². The minimum Gasteiger partial charge on any atom is -0.369 e. The lowest BCUT2D eigenvalue weighted by Crippen LogP contribution is -2.36. The molecule has 1 aromatic rings. The van der Waals surface area contributed by atoms with E-state index >= 15 is 0 Å². The number of nitrogens with one attached hydrogen (secondary N) is 1. The lowest BCUT2D eigenvalue weighted by atomic mass is 9.85. The van der Waals surface area contributed by atoms with E-state index in [1.807, 2.05) is 10.9 Å². The number of amides is 1. The van der Waals surface area contributed by atoms with Crippen LogP contribution < -0.4 is 11.1 Å². The van der Waals surface area contributed by atoms with Crippen LogP contribution in [0.3, 0.4) is 0 Å². The van der Waals surface area contributed by atoms with Gasteiger partial charge >= 0.3 is 0 Å². The summed E-state index contributed by atoms with van der Waals surface area (Å²) in [7, 11) is 0. The van der Waals surface area contributed by atoms with Crippen molar-refractivity contribution in [1.29, 1.82) is 0 Å². The quantitative estimate of drug-likeness (QED) is 0.881. The molecule has 1 aliphatic carbocycles. The second kappa shape index (κ2) is 5.95. The van der Waals surface area contributed by atoms with Crippen molar-refractivity contribution in [1.82, 2.24) is 15.1 Å². The van der Waals surface area contributed by atoms with Crippen molar-refractivity contribution in [3.05, 3.63) is 18.0 Å². The molecule has 5 nitrogen and oxygen atoms in total. The summed E-state index contributed by atoms with van der Waals surface area (Å²) in [4.78, 5) is 11.1. The van der Waals surface area contributed by atoms with E-state index in [9.17, 15) is 4.79 Å². The van der Waals surface area contributed by atoms with E-state index in [1.165, 1.54) is 5.56 Å². The van der Waals surface area contributed by atoms with E-state index in [0.717, 1.165) is 32.2 Å². The molecule has 0 radical (unpaired) electrons. The van der Waals surface area contributed by atoms with Gasteiger partial charge in [0.1, 0.15) is 0 Å². The van der Waals surface area contributed by atoms with E-state index in [0.29, 0.717) is 6.04 Å². The summed E-state index contributed by atoms with van der Waals surface area (Å²) < 4.78 is 1.99. The Morgan fingerprint density at radius 3 is 2.55 bits per heavy atom. The van der Waals surface area contributed by atoms with Gasteiger partial charge in [-0.25, -0.2) is 0 Å². The Balaban J connectivity index is 1.79. The Morgan fingerprint density at radius 1 is 1.40 bits per heavy atom. The zero-order valence-electron chi connectivity index (χ0n) is 12.7. The van der Waals surface area contributed by atoms with Crippen molar-refractivity contribution in [3.63, 3.8) is 0 Å². The molecule has 1 heterocycles. The number of hydrogen-bond acceptors (Lipinski definition) is 3. The van der Waals surface area contributed by atoms with Crippen LogP contribution in [0.1, 0.15) is 52.0 Å². The molecule has 112 valence electrons. The predicted molar refractivity (Wildman–Crippen MR) is 79.0 cm³/mol. The normalized spacial score (nSPS) is 23.8.